The summed E-state index contributed by atoms with van der Waals surface area (Å²) in [6.45, 7) is 0. The number of ether oxygens (including phenoxy) is 1. The Morgan fingerprint density at radius 3 is 2.50 bits per heavy atom. The second-order valence-electron chi connectivity index (χ2n) is 3.39. The molecule has 18 heavy (non-hydrogen) atoms. The highest BCUT2D eigenvalue weighted by Gasteiger charge is 2.19. The smallest absolute Gasteiger partial charge is 0.295 e. The van der Waals surface area contributed by atoms with E-state index in [1.54, 1.807) is 0 Å². The van der Waals surface area contributed by atoms with Crippen LogP contribution in [0.15, 0.2) is 24.4 Å². The number of aromatic nitrogens is 1. The maximum absolute atomic E-state index is 10.8. The molecule has 2 rings (SSSR count). The summed E-state index contributed by atoms with van der Waals surface area (Å²) < 4.78 is 5.01. The van der Waals surface area contributed by atoms with Crippen molar-refractivity contribution in [2.75, 3.05) is 7.11 Å². The molecule has 1 heterocycles. The van der Waals surface area contributed by atoms with Gasteiger partial charge < -0.3 is 4.74 Å². The first-order valence-corrected chi connectivity index (χ1v) is 4.80. The Morgan fingerprint density at radius 2 is 1.94 bits per heavy atom. The minimum atomic E-state index is -0.620. The fourth-order valence-corrected chi connectivity index (χ4v) is 1.59. The van der Waals surface area contributed by atoms with Gasteiger partial charge in [0.1, 0.15) is 11.9 Å². The summed E-state index contributed by atoms with van der Waals surface area (Å²) in [5.74, 6) is 0.298. The minimum absolute atomic E-state index is 0.0601. The summed E-state index contributed by atoms with van der Waals surface area (Å²) >= 11 is 0. The van der Waals surface area contributed by atoms with Crippen molar-refractivity contribution in [2.24, 2.45) is 0 Å². The first kappa shape index (κ1) is 11.7. The lowest BCUT2D eigenvalue weighted by molar-refractivity contribution is -0.385. The third-order valence-electron chi connectivity index (χ3n) is 2.40. The highest BCUT2D eigenvalue weighted by atomic mass is 16.6. The van der Waals surface area contributed by atoms with E-state index in [0.29, 0.717) is 5.75 Å². The van der Waals surface area contributed by atoms with Gasteiger partial charge in [-0.15, -0.1) is 0 Å². The number of non-ortho nitro benzene ring substituents is 1. The van der Waals surface area contributed by atoms with E-state index >= 15 is 0 Å². The average Bonchev–Trinajstić information content (AvgIpc) is 2.36. The van der Waals surface area contributed by atoms with Crippen molar-refractivity contribution in [3.05, 3.63) is 44.6 Å². The molecule has 0 saturated heterocycles. The first-order chi connectivity index (χ1) is 8.54. The Labute approximate surface area is 100 Å². The molecular formula is C10H7N3O5. The molecule has 8 nitrogen and oxygen atoms in total. The van der Waals surface area contributed by atoms with Crippen LogP contribution in [0.2, 0.25) is 0 Å². The van der Waals surface area contributed by atoms with E-state index in [2.05, 4.69) is 4.98 Å². The molecule has 1 aromatic carbocycles. The van der Waals surface area contributed by atoms with Crippen LogP contribution in [0, 0.1) is 20.2 Å². The van der Waals surface area contributed by atoms with Crippen molar-refractivity contribution < 1.29 is 14.6 Å². The fourth-order valence-electron chi connectivity index (χ4n) is 1.59. The summed E-state index contributed by atoms with van der Waals surface area (Å²) in [6.07, 6.45) is 0.981. The quantitative estimate of drug-likeness (QED) is 0.608. The van der Waals surface area contributed by atoms with Crippen LogP contribution in [0.3, 0.4) is 0 Å². The Kier molecular flexibility index (Phi) is 2.76. The molecule has 0 fully saturated rings. The topological polar surface area (TPSA) is 108 Å². The lowest BCUT2D eigenvalue weighted by Crippen LogP contribution is -1.96. The van der Waals surface area contributed by atoms with E-state index in [-0.39, 0.29) is 22.3 Å². The van der Waals surface area contributed by atoms with Gasteiger partial charge in [0.15, 0.2) is 5.52 Å². The van der Waals surface area contributed by atoms with Crippen molar-refractivity contribution in [2.45, 2.75) is 0 Å². The molecule has 0 bridgehead atoms. The van der Waals surface area contributed by atoms with Crippen LogP contribution in [0.25, 0.3) is 10.9 Å². The number of pyridine rings is 1. The molecule has 0 unspecified atom stereocenters. The van der Waals surface area contributed by atoms with E-state index in [1.165, 1.54) is 25.3 Å². The minimum Gasteiger partial charge on any atom is -0.496 e. The summed E-state index contributed by atoms with van der Waals surface area (Å²) in [4.78, 5) is 24.0. The first-order valence-electron chi connectivity index (χ1n) is 4.80. The molecule has 2 aromatic rings. The van der Waals surface area contributed by atoms with Crippen LogP contribution < -0.4 is 4.74 Å². The monoisotopic (exact) mass is 249 g/mol. The molecule has 0 radical (unpaired) electrons. The number of hydrogen-bond donors (Lipinski definition) is 0. The second kappa shape index (κ2) is 4.24. The van der Waals surface area contributed by atoms with Gasteiger partial charge in [-0.25, -0.2) is 4.98 Å². The van der Waals surface area contributed by atoms with E-state index < -0.39 is 9.85 Å². The molecule has 1 aromatic heterocycles. The maximum atomic E-state index is 10.8. The predicted molar refractivity (Wildman–Crippen MR) is 61.6 cm³/mol. The van der Waals surface area contributed by atoms with Gasteiger partial charge in [-0.05, 0) is 6.07 Å². The van der Waals surface area contributed by atoms with Gasteiger partial charge in [0.25, 0.3) is 11.4 Å². The average molecular weight is 249 g/mol. The van der Waals surface area contributed by atoms with Gasteiger partial charge in [0, 0.05) is 12.1 Å². The Balaban J connectivity index is 2.82. The van der Waals surface area contributed by atoms with E-state index in [1.807, 2.05) is 0 Å². The molecule has 0 atom stereocenters. The van der Waals surface area contributed by atoms with E-state index in [0.717, 1.165) is 6.20 Å². The highest BCUT2D eigenvalue weighted by molar-refractivity contribution is 5.93. The van der Waals surface area contributed by atoms with Crippen LogP contribution in [0.4, 0.5) is 11.4 Å². The van der Waals surface area contributed by atoms with Crippen molar-refractivity contribution in [1.82, 2.24) is 4.98 Å². The van der Waals surface area contributed by atoms with Gasteiger partial charge in [-0.3, -0.25) is 20.2 Å². The Bertz CT molecular complexity index is 655. The third kappa shape index (κ3) is 1.79. The molecule has 0 aliphatic rings. The molecule has 8 heteroatoms. The summed E-state index contributed by atoms with van der Waals surface area (Å²) in [5, 5.41) is 21.7. The number of methoxy groups -OCH3 is 1. The fraction of sp³-hybridized carbons (Fsp3) is 0.100. The van der Waals surface area contributed by atoms with Crippen molar-refractivity contribution in [1.29, 1.82) is 0 Å². The lowest BCUT2D eigenvalue weighted by atomic mass is 10.1. The number of nitro groups is 2. The second-order valence-corrected chi connectivity index (χ2v) is 3.39. The van der Waals surface area contributed by atoms with Gasteiger partial charge in [-0.1, -0.05) is 0 Å². The molecular weight excluding hydrogens is 242 g/mol. The lowest BCUT2D eigenvalue weighted by Gasteiger charge is -2.04. The highest BCUT2D eigenvalue weighted by Crippen LogP contribution is 2.33. The zero-order valence-corrected chi connectivity index (χ0v) is 9.19. The number of hydrogen-bond acceptors (Lipinski definition) is 6. The Hall–Kier alpha value is -2.77. The van der Waals surface area contributed by atoms with Crippen molar-refractivity contribution in [3.8, 4) is 5.75 Å². The number of fused-ring (bicyclic) bond motifs is 1. The normalized spacial score (nSPS) is 10.3. The van der Waals surface area contributed by atoms with E-state index in [4.69, 9.17) is 4.74 Å². The molecule has 92 valence electrons. The zero-order chi connectivity index (χ0) is 13.3. The van der Waals surface area contributed by atoms with Crippen LogP contribution in [-0.2, 0) is 0 Å². The van der Waals surface area contributed by atoms with Gasteiger partial charge in [0.05, 0.1) is 22.3 Å². The molecule has 0 spiro atoms. The number of nitro benzene ring substituents is 1. The van der Waals surface area contributed by atoms with Crippen LogP contribution in [-0.4, -0.2) is 21.9 Å². The number of nitrogens with zero attached hydrogens (tertiary/aromatic N) is 3. The summed E-state index contributed by atoms with van der Waals surface area (Å²) in [7, 11) is 1.37. The van der Waals surface area contributed by atoms with Crippen molar-refractivity contribution in [3.63, 3.8) is 0 Å². The maximum Gasteiger partial charge on any atom is 0.295 e. The zero-order valence-electron chi connectivity index (χ0n) is 9.19. The molecule has 0 amide bonds. The number of benzene rings is 1. The third-order valence-corrected chi connectivity index (χ3v) is 2.40. The summed E-state index contributed by atoms with van der Waals surface area (Å²) in [6, 6.07) is 3.83. The molecule has 0 saturated carbocycles. The molecule has 0 aliphatic heterocycles. The van der Waals surface area contributed by atoms with Crippen LogP contribution in [0.1, 0.15) is 0 Å². The van der Waals surface area contributed by atoms with Crippen LogP contribution >= 0.6 is 0 Å². The van der Waals surface area contributed by atoms with E-state index in [9.17, 15) is 20.2 Å². The van der Waals surface area contributed by atoms with Crippen LogP contribution in [0.5, 0.6) is 5.75 Å². The SMILES string of the molecule is COc1ccc([N+](=O)[O-])c2ncc([N+](=O)[O-])cc12. The van der Waals surface area contributed by atoms with Gasteiger partial charge >= 0.3 is 0 Å². The molecule has 0 aliphatic carbocycles. The largest absolute Gasteiger partial charge is 0.496 e. The number of rotatable bonds is 3. The summed E-state index contributed by atoms with van der Waals surface area (Å²) in [5.41, 5.74) is -0.410. The predicted octanol–water partition coefficient (Wildman–Crippen LogP) is 2.06. The standard InChI is InChI=1S/C10H7N3O5/c1-18-9-3-2-8(13(16)17)10-7(9)4-6(5-11-10)12(14)15/h2-5H,1H3. The van der Waals surface area contributed by atoms with Gasteiger partial charge in [-0.2, -0.15) is 0 Å². The van der Waals surface area contributed by atoms with Gasteiger partial charge in [0.2, 0.25) is 0 Å². The van der Waals surface area contributed by atoms with Crippen molar-refractivity contribution >= 4 is 22.3 Å². The molecule has 0 N–H and O–H groups in total. The Morgan fingerprint density at radius 1 is 1.22 bits per heavy atom.